The molecule has 12 rings (SSSR count). The molecular weight excluding hydrogens is 755 g/mol. The lowest BCUT2D eigenvalue weighted by Gasteiger charge is -2.33. The first kappa shape index (κ1) is 34.8. The van der Waals surface area contributed by atoms with Crippen molar-refractivity contribution in [3.05, 3.63) is 182 Å². The number of fused-ring (bicyclic) bond motifs is 5. The molecular formula is C53H35BN2O3S. The van der Waals surface area contributed by atoms with Gasteiger partial charge in [-0.2, -0.15) is 0 Å². The maximum Gasteiger partial charge on any atom is 0.243 e. The van der Waals surface area contributed by atoms with Crippen LogP contribution in [0.3, 0.4) is 0 Å². The lowest BCUT2D eigenvalue weighted by atomic mass is 9.33. The summed E-state index contributed by atoms with van der Waals surface area (Å²) < 4.78 is 19.2. The van der Waals surface area contributed by atoms with E-state index >= 15 is 0 Å². The Morgan fingerprint density at radius 3 is 2.18 bits per heavy atom. The van der Waals surface area contributed by atoms with Crippen LogP contribution >= 0.6 is 11.8 Å². The molecule has 0 spiro atoms. The van der Waals surface area contributed by atoms with Gasteiger partial charge in [0.2, 0.25) is 6.71 Å². The van der Waals surface area contributed by atoms with Gasteiger partial charge in [0.15, 0.2) is 5.58 Å². The molecule has 0 saturated heterocycles. The van der Waals surface area contributed by atoms with E-state index in [1.165, 1.54) is 26.2 Å². The van der Waals surface area contributed by atoms with Crippen LogP contribution in [0.15, 0.2) is 201 Å². The van der Waals surface area contributed by atoms with E-state index in [4.69, 9.17) is 18.6 Å². The quantitative estimate of drug-likeness (QED) is 0.150. The van der Waals surface area contributed by atoms with Crippen molar-refractivity contribution in [3.8, 4) is 50.7 Å². The topological polar surface area (TPSA) is 51.6 Å². The monoisotopic (exact) mass is 790 g/mol. The summed E-state index contributed by atoms with van der Waals surface area (Å²) in [6.07, 6.45) is 3.82. The van der Waals surface area contributed by atoms with Crippen molar-refractivity contribution in [1.29, 1.82) is 0 Å². The fourth-order valence-electron chi connectivity index (χ4n) is 9.33. The first-order valence-corrected chi connectivity index (χ1v) is 21.1. The molecule has 2 aliphatic rings. The SMILES string of the molecule is CCOc1cccc(-c2cc3c4c(c(-c5ccc(-c6ccccc6)o5)cnc4c2)-c2ccccc2B3c2ccc(N3c4ccccc4Sc4ccccc43)c3occc23)c1. The summed E-state index contributed by atoms with van der Waals surface area (Å²) in [5.74, 6) is 2.45. The van der Waals surface area contributed by atoms with Gasteiger partial charge < -0.3 is 18.5 Å². The number of pyridine rings is 1. The predicted octanol–water partition coefficient (Wildman–Crippen LogP) is 12.4. The van der Waals surface area contributed by atoms with E-state index in [1.54, 1.807) is 11.8 Å². The van der Waals surface area contributed by atoms with Crippen LogP contribution < -0.4 is 26.0 Å². The van der Waals surface area contributed by atoms with Gasteiger partial charge in [-0.05, 0) is 90.3 Å². The molecule has 0 fully saturated rings. The van der Waals surface area contributed by atoms with Gasteiger partial charge in [0.25, 0.3) is 0 Å². The van der Waals surface area contributed by atoms with Gasteiger partial charge in [-0.1, -0.05) is 131 Å². The zero-order valence-electron chi connectivity index (χ0n) is 32.6. The molecule has 284 valence electrons. The Labute approximate surface area is 352 Å². The normalized spacial score (nSPS) is 12.7. The third kappa shape index (κ3) is 5.46. The smallest absolute Gasteiger partial charge is 0.243 e. The van der Waals surface area contributed by atoms with Gasteiger partial charge in [-0.15, -0.1) is 0 Å². The molecule has 7 aromatic carbocycles. The molecule has 5 heterocycles. The van der Waals surface area contributed by atoms with Crippen LogP contribution in [0.25, 0.3) is 66.8 Å². The van der Waals surface area contributed by atoms with Gasteiger partial charge in [0, 0.05) is 43.5 Å². The first-order chi connectivity index (χ1) is 29.7. The maximum absolute atomic E-state index is 6.66. The molecule has 2 aliphatic heterocycles. The Morgan fingerprint density at radius 2 is 1.35 bits per heavy atom. The Morgan fingerprint density at radius 1 is 0.600 bits per heavy atom. The molecule has 0 N–H and O–H groups in total. The number of anilines is 3. The van der Waals surface area contributed by atoms with Crippen LogP contribution in [0.2, 0.25) is 0 Å². The number of hydrogen-bond donors (Lipinski definition) is 0. The number of hydrogen-bond acceptors (Lipinski definition) is 6. The molecule has 3 aromatic heterocycles. The number of benzene rings is 7. The molecule has 5 nitrogen and oxygen atoms in total. The number of para-hydroxylation sites is 2. The third-order valence-electron chi connectivity index (χ3n) is 11.9. The molecule has 0 radical (unpaired) electrons. The van der Waals surface area contributed by atoms with E-state index in [2.05, 4.69) is 150 Å². The van der Waals surface area contributed by atoms with Gasteiger partial charge in [0.05, 0.1) is 35.4 Å². The standard InChI is InChI=1S/C53H35BN2O3S/c1-2-57-36-16-12-15-34(29-36)35-30-42-52-43(31-35)55-32-39(48-26-25-47(59-48)33-13-4-3-5-14-33)51(52)37-17-6-7-18-40(37)54(42)41-23-24-46(53-38(41)27-28-58-53)56-44-19-8-10-21-49(44)60-50-22-11-9-20-45(50)56/h3-32H,2H2,1H3. The Kier molecular flexibility index (Phi) is 8.10. The molecule has 10 aromatic rings. The number of nitrogens with zero attached hydrogens (tertiary/aromatic N) is 2. The van der Waals surface area contributed by atoms with Crippen LogP contribution in [-0.2, 0) is 0 Å². The Hall–Kier alpha value is -7.22. The second kappa shape index (κ2) is 14.0. The fraction of sp³-hybridized carbons (Fsp3) is 0.0377. The lowest BCUT2D eigenvalue weighted by Crippen LogP contribution is -2.55. The summed E-state index contributed by atoms with van der Waals surface area (Å²) in [5.41, 5.74) is 15.1. The molecule has 0 atom stereocenters. The van der Waals surface area contributed by atoms with E-state index in [0.29, 0.717) is 6.61 Å². The van der Waals surface area contributed by atoms with Crippen molar-refractivity contribution in [2.45, 2.75) is 16.7 Å². The van der Waals surface area contributed by atoms with Crippen LogP contribution in [0, 0.1) is 0 Å². The van der Waals surface area contributed by atoms with E-state index in [-0.39, 0.29) is 6.71 Å². The van der Waals surface area contributed by atoms with Crippen LogP contribution in [0.4, 0.5) is 17.1 Å². The highest BCUT2D eigenvalue weighted by molar-refractivity contribution is 7.99. The molecule has 7 heteroatoms. The lowest BCUT2D eigenvalue weighted by molar-refractivity contribution is 0.340. The van der Waals surface area contributed by atoms with Gasteiger partial charge in [-0.3, -0.25) is 4.98 Å². The summed E-state index contributed by atoms with van der Waals surface area (Å²) in [4.78, 5) is 10.0. The summed E-state index contributed by atoms with van der Waals surface area (Å²) in [6.45, 7) is 2.48. The van der Waals surface area contributed by atoms with Crippen molar-refractivity contribution < 1.29 is 13.6 Å². The van der Waals surface area contributed by atoms with Gasteiger partial charge >= 0.3 is 0 Å². The summed E-state index contributed by atoms with van der Waals surface area (Å²) in [5, 5.41) is 2.19. The van der Waals surface area contributed by atoms with Crippen molar-refractivity contribution >= 4 is 73.8 Å². The van der Waals surface area contributed by atoms with Crippen molar-refractivity contribution in [1.82, 2.24) is 4.98 Å². The zero-order chi connectivity index (χ0) is 39.7. The molecule has 0 amide bonds. The highest BCUT2D eigenvalue weighted by Gasteiger charge is 2.37. The van der Waals surface area contributed by atoms with Crippen molar-refractivity contribution in [3.63, 3.8) is 0 Å². The molecule has 0 bridgehead atoms. The summed E-state index contributed by atoms with van der Waals surface area (Å²) >= 11 is 1.81. The van der Waals surface area contributed by atoms with Gasteiger partial charge in [-0.25, -0.2) is 0 Å². The minimum Gasteiger partial charge on any atom is -0.494 e. The van der Waals surface area contributed by atoms with E-state index in [0.717, 1.165) is 89.6 Å². The molecule has 0 aliphatic carbocycles. The minimum atomic E-state index is -0.134. The third-order valence-corrected chi connectivity index (χ3v) is 13.0. The van der Waals surface area contributed by atoms with Crippen molar-refractivity contribution in [2.24, 2.45) is 0 Å². The maximum atomic E-state index is 6.66. The highest BCUT2D eigenvalue weighted by atomic mass is 32.2. The van der Waals surface area contributed by atoms with Crippen molar-refractivity contribution in [2.75, 3.05) is 11.5 Å². The van der Waals surface area contributed by atoms with E-state index < -0.39 is 0 Å². The number of furan rings is 2. The minimum absolute atomic E-state index is 0.134. The van der Waals surface area contributed by atoms with Gasteiger partial charge in [0.1, 0.15) is 17.3 Å². The molecule has 0 unspecified atom stereocenters. The Balaban J connectivity index is 1.11. The zero-order valence-corrected chi connectivity index (χ0v) is 33.4. The average molecular weight is 791 g/mol. The van der Waals surface area contributed by atoms with Crippen LogP contribution in [0.5, 0.6) is 5.75 Å². The van der Waals surface area contributed by atoms with E-state index in [9.17, 15) is 0 Å². The second-order valence-corrected chi connectivity index (χ2v) is 16.3. The number of rotatable bonds is 7. The van der Waals surface area contributed by atoms with Crippen LogP contribution in [0.1, 0.15) is 6.92 Å². The van der Waals surface area contributed by atoms with Crippen LogP contribution in [-0.4, -0.2) is 18.3 Å². The molecule has 60 heavy (non-hydrogen) atoms. The number of aromatic nitrogens is 1. The predicted molar refractivity (Wildman–Crippen MR) is 247 cm³/mol. The second-order valence-electron chi connectivity index (χ2n) is 15.2. The highest BCUT2D eigenvalue weighted by Crippen LogP contribution is 2.52. The summed E-state index contributed by atoms with van der Waals surface area (Å²) in [7, 11) is 0. The molecule has 0 saturated carbocycles. The Bertz CT molecular complexity index is 3250. The largest absolute Gasteiger partial charge is 0.494 e. The fourth-order valence-corrected chi connectivity index (χ4v) is 10.4. The summed E-state index contributed by atoms with van der Waals surface area (Å²) in [6, 6.07) is 60.1. The number of ether oxygens (including phenoxy) is 1. The van der Waals surface area contributed by atoms with E-state index in [1.807, 2.05) is 43.6 Å². The first-order valence-electron chi connectivity index (χ1n) is 20.3. The average Bonchev–Trinajstić information content (AvgIpc) is 4.01.